The maximum atomic E-state index is 5.40. The van der Waals surface area contributed by atoms with E-state index in [0.717, 1.165) is 22.5 Å². The number of aromatic nitrogens is 3. The molecule has 12 rings (SSSR count). The zero-order valence-electron chi connectivity index (χ0n) is 28.1. The van der Waals surface area contributed by atoms with E-state index in [-0.39, 0.29) is 0 Å². The van der Waals surface area contributed by atoms with Gasteiger partial charge in [-0.15, -0.1) is 0 Å². The third-order valence-electron chi connectivity index (χ3n) is 11.2. The fourth-order valence-corrected chi connectivity index (χ4v) is 8.99. The lowest BCUT2D eigenvalue weighted by Crippen LogP contribution is -1.98. The van der Waals surface area contributed by atoms with Gasteiger partial charge in [0, 0.05) is 38.2 Å². The van der Waals surface area contributed by atoms with Crippen molar-refractivity contribution >= 4 is 65.2 Å². The number of nitrogens with zero attached hydrogens (tertiary/aromatic N) is 3. The van der Waals surface area contributed by atoms with Crippen LogP contribution >= 0.6 is 0 Å². The fourth-order valence-electron chi connectivity index (χ4n) is 8.99. The quantitative estimate of drug-likeness (QED) is 0.185. The molecule has 240 valence electrons. The van der Waals surface area contributed by atoms with Crippen LogP contribution < -0.4 is 0 Å². The van der Waals surface area contributed by atoms with Gasteiger partial charge in [0.2, 0.25) is 0 Å². The van der Waals surface area contributed by atoms with Gasteiger partial charge in [-0.2, -0.15) is 0 Å². The zero-order valence-corrected chi connectivity index (χ0v) is 28.1. The first kappa shape index (κ1) is 27.8. The van der Waals surface area contributed by atoms with Gasteiger partial charge in [0.25, 0.3) is 0 Å². The van der Waals surface area contributed by atoms with Gasteiger partial charge >= 0.3 is 0 Å². The summed E-state index contributed by atoms with van der Waals surface area (Å²) in [5, 5.41) is 9.98. The van der Waals surface area contributed by atoms with E-state index < -0.39 is 0 Å². The molecule has 0 radical (unpaired) electrons. The van der Waals surface area contributed by atoms with Gasteiger partial charge in [0.1, 0.15) is 5.82 Å². The van der Waals surface area contributed by atoms with E-state index in [1.54, 1.807) is 0 Å². The van der Waals surface area contributed by atoms with Gasteiger partial charge in [-0.3, -0.25) is 4.57 Å². The summed E-state index contributed by atoms with van der Waals surface area (Å²) in [6.45, 7) is 0. The molecule has 1 aliphatic carbocycles. The summed E-state index contributed by atoms with van der Waals surface area (Å²) in [4.78, 5) is 5.40. The lowest BCUT2D eigenvalue weighted by molar-refractivity contribution is 1.09. The molecular formula is C49H29N3. The molecule has 8 aromatic carbocycles. The number of hydrogen-bond donors (Lipinski definition) is 0. The largest absolute Gasteiger partial charge is 0.309 e. The Bertz CT molecular complexity index is 3290. The fraction of sp³-hybridized carbons (Fsp3) is 0. The van der Waals surface area contributed by atoms with E-state index >= 15 is 0 Å². The van der Waals surface area contributed by atoms with Gasteiger partial charge in [0.05, 0.1) is 27.8 Å². The number of pyridine rings is 1. The maximum absolute atomic E-state index is 5.40. The van der Waals surface area contributed by atoms with E-state index in [9.17, 15) is 0 Å². The Morgan fingerprint density at radius 1 is 0.346 bits per heavy atom. The molecule has 3 nitrogen and oxygen atoms in total. The van der Waals surface area contributed by atoms with E-state index in [1.165, 1.54) is 87.6 Å². The van der Waals surface area contributed by atoms with Crippen molar-refractivity contribution in [1.29, 1.82) is 0 Å². The lowest BCUT2D eigenvalue weighted by atomic mass is 9.97. The molecule has 3 heteroatoms. The highest BCUT2D eigenvalue weighted by atomic mass is 15.1. The minimum atomic E-state index is 0.944. The van der Waals surface area contributed by atoms with E-state index in [2.05, 4.69) is 185 Å². The standard InChI is InChI=1S/C49H29N3/c1-2-12-34(13-3-1)51-43-20-9-7-17-40(43)48-35-24-21-30(27-32(35)23-26-45(48)51)31-22-25-44-41(28-31)37-15-6-8-19-42(37)52(44)46-29-33-11-10-18-38-36-14-4-5-16-39(36)49(50-46)47(33)38/h1-29H. The Morgan fingerprint density at radius 3 is 1.90 bits per heavy atom. The van der Waals surface area contributed by atoms with Crippen molar-refractivity contribution < 1.29 is 0 Å². The molecule has 3 aromatic heterocycles. The summed E-state index contributed by atoms with van der Waals surface area (Å²) >= 11 is 0. The second-order valence-corrected chi connectivity index (χ2v) is 13.9. The highest BCUT2D eigenvalue weighted by Gasteiger charge is 2.24. The van der Waals surface area contributed by atoms with Crippen molar-refractivity contribution in [3.8, 4) is 45.0 Å². The topological polar surface area (TPSA) is 22.8 Å². The minimum absolute atomic E-state index is 0.944. The molecule has 0 amide bonds. The molecule has 52 heavy (non-hydrogen) atoms. The Balaban J connectivity index is 1.04. The highest BCUT2D eigenvalue weighted by molar-refractivity contribution is 6.22. The maximum Gasteiger partial charge on any atom is 0.138 e. The average Bonchev–Trinajstić information content (AvgIpc) is 3.84. The lowest BCUT2D eigenvalue weighted by Gasteiger charge is -2.11. The van der Waals surface area contributed by atoms with Crippen molar-refractivity contribution in [2.24, 2.45) is 0 Å². The normalized spacial score (nSPS) is 12.2. The molecule has 1 aliphatic rings. The van der Waals surface area contributed by atoms with Crippen molar-refractivity contribution in [2.45, 2.75) is 0 Å². The van der Waals surface area contributed by atoms with Crippen LogP contribution in [0.2, 0.25) is 0 Å². The molecule has 0 aliphatic heterocycles. The Labute approximate surface area is 299 Å². The third-order valence-corrected chi connectivity index (χ3v) is 11.2. The third kappa shape index (κ3) is 3.72. The second-order valence-electron chi connectivity index (χ2n) is 13.9. The Hall–Kier alpha value is -6.97. The predicted octanol–water partition coefficient (Wildman–Crippen LogP) is 12.9. The van der Waals surface area contributed by atoms with Crippen molar-refractivity contribution in [1.82, 2.24) is 14.1 Å². The van der Waals surface area contributed by atoms with Gasteiger partial charge < -0.3 is 4.57 Å². The molecule has 0 bridgehead atoms. The molecule has 0 N–H and O–H groups in total. The molecule has 11 aromatic rings. The Kier molecular flexibility index (Phi) is 5.50. The summed E-state index contributed by atoms with van der Waals surface area (Å²) in [6.07, 6.45) is 0. The molecule has 0 saturated heterocycles. The first-order valence-corrected chi connectivity index (χ1v) is 17.9. The number of para-hydroxylation sites is 3. The summed E-state index contributed by atoms with van der Waals surface area (Å²) < 4.78 is 4.73. The molecule has 0 atom stereocenters. The molecule has 3 heterocycles. The molecule has 0 fully saturated rings. The highest BCUT2D eigenvalue weighted by Crippen LogP contribution is 2.47. The molecule has 0 unspecified atom stereocenters. The number of hydrogen-bond acceptors (Lipinski definition) is 1. The van der Waals surface area contributed by atoms with E-state index in [1.807, 2.05) is 0 Å². The number of rotatable bonds is 3. The zero-order chi connectivity index (χ0) is 33.9. The monoisotopic (exact) mass is 659 g/mol. The van der Waals surface area contributed by atoms with Crippen molar-refractivity contribution in [3.63, 3.8) is 0 Å². The van der Waals surface area contributed by atoms with Crippen LogP contribution in [0.5, 0.6) is 0 Å². The van der Waals surface area contributed by atoms with Crippen LogP contribution in [0, 0.1) is 0 Å². The van der Waals surface area contributed by atoms with Gasteiger partial charge in [-0.05, 0) is 93.0 Å². The van der Waals surface area contributed by atoms with Crippen LogP contribution in [-0.4, -0.2) is 14.1 Å². The van der Waals surface area contributed by atoms with Crippen LogP contribution in [0.15, 0.2) is 176 Å². The van der Waals surface area contributed by atoms with Crippen LogP contribution in [0.1, 0.15) is 0 Å². The first-order valence-electron chi connectivity index (χ1n) is 17.9. The molecule has 0 saturated carbocycles. The smallest absolute Gasteiger partial charge is 0.138 e. The summed E-state index contributed by atoms with van der Waals surface area (Å²) in [5.41, 5.74) is 13.2. The molecule has 0 spiro atoms. The SMILES string of the molecule is c1ccc(-n2c3ccccc3c3c4ccc(-c5ccc6c(c5)c5ccccc5n6-c5cc6cccc7c6c(n5)-c5ccccc5-7)cc4ccc32)cc1. The predicted molar refractivity (Wildman–Crippen MR) is 218 cm³/mol. The summed E-state index contributed by atoms with van der Waals surface area (Å²) in [5.74, 6) is 0.944. The number of benzene rings is 8. The summed E-state index contributed by atoms with van der Waals surface area (Å²) in [7, 11) is 0. The van der Waals surface area contributed by atoms with Crippen LogP contribution in [0.3, 0.4) is 0 Å². The minimum Gasteiger partial charge on any atom is -0.309 e. The number of fused-ring (bicyclic) bond motifs is 11. The van der Waals surface area contributed by atoms with Crippen LogP contribution in [0.25, 0.3) is 110 Å². The van der Waals surface area contributed by atoms with E-state index in [0.29, 0.717) is 0 Å². The van der Waals surface area contributed by atoms with E-state index in [4.69, 9.17) is 4.98 Å². The van der Waals surface area contributed by atoms with Gasteiger partial charge in [-0.25, -0.2) is 4.98 Å². The first-order chi connectivity index (χ1) is 25.8. The van der Waals surface area contributed by atoms with Crippen LogP contribution in [0.4, 0.5) is 0 Å². The Morgan fingerprint density at radius 2 is 1.02 bits per heavy atom. The second kappa shape index (κ2) is 10.3. The van der Waals surface area contributed by atoms with Crippen LogP contribution in [-0.2, 0) is 0 Å². The average molecular weight is 660 g/mol. The van der Waals surface area contributed by atoms with Crippen molar-refractivity contribution in [2.75, 3.05) is 0 Å². The van der Waals surface area contributed by atoms with Gasteiger partial charge in [-0.1, -0.05) is 121 Å². The van der Waals surface area contributed by atoms with Crippen molar-refractivity contribution in [3.05, 3.63) is 176 Å². The van der Waals surface area contributed by atoms with Gasteiger partial charge in [0.15, 0.2) is 0 Å². The molecular weight excluding hydrogens is 631 g/mol. The summed E-state index contributed by atoms with van der Waals surface area (Å²) in [6, 6.07) is 64.1.